The first kappa shape index (κ1) is 24.0. The van der Waals surface area contributed by atoms with Crippen molar-refractivity contribution in [2.75, 3.05) is 18.4 Å². The summed E-state index contributed by atoms with van der Waals surface area (Å²) in [6.45, 7) is 3.04. The SMILES string of the molecule is CC(Oc1ccccc1)C(=O)NCCCCNc1cc(-c2ccccc2Cl)nc2c(Br)cnn12. The summed E-state index contributed by atoms with van der Waals surface area (Å²) in [4.78, 5) is 17.0. The summed E-state index contributed by atoms with van der Waals surface area (Å²) >= 11 is 9.91. The molecule has 0 aliphatic heterocycles. The highest BCUT2D eigenvalue weighted by Gasteiger charge is 2.14. The van der Waals surface area contributed by atoms with Crippen molar-refractivity contribution in [3.63, 3.8) is 0 Å². The summed E-state index contributed by atoms with van der Waals surface area (Å²) < 4.78 is 8.22. The lowest BCUT2D eigenvalue weighted by Crippen LogP contribution is -2.36. The lowest BCUT2D eigenvalue weighted by atomic mass is 10.1. The third-order valence-corrected chi connectivity index (χ3v) is 6.10. The highest BCUT2D eigenvalue weighted by atomic mass is 79.9. The summed E-state index contributed by atoms with van der Waals surface area (Å²) in [6, 6.07) is 18.9. The molecule has 0 spiro atoms. The summed E-state index contributed by atoms with van der Waals surface area (Å²) in [7, 11) is 0. The minimum atomic E-state index is -0.549. The van der Waals surface area contributed by atoms with Gasteiger partial charge in [-0.15, -0.1) is 0 Å². The molecule has 2 aromatic heterocycles. The predicted octanol–water partition coefficient (Wildman–Crippen LogP) is 5.59. The number of para-hydroxylation sites is 1. The van der Waals surface area contributed by atoms with Crippen LogP contribution in [-0.2, 0) is 4.79 Å². The number of unbranched alkanes of at least 4 members (excludes halogenated alkanes) is 1. The van der Waals surface area contributed by atoms with Crippen LogP contribution in [0.5, 0.6) is 5.75 Å². The zero-order valence-electron chi connectivity index (χ0n) is 18.7. The number of rotatable bonds is 10. The van der Waals surface area contributed by atoms with E-state index in [1.165, 1.54) is 0 Å². The van der Waals surface area contributed by atoms with Crippen LogP contribution in [-0.4, -0.2) is 39.7 Å². The van der Waals surface area contributed by atoms with Gasteiger partial charge in [0.15, 0.2) is 11.8 Å². The van der Waals surface area contributed by atoms with Crippen LogP contribution in [0.15, 0.2) is 71.3 Å². The molecule has 0 radical (unpaired) electrons. The topological polar surface area (TPSA) is 80.5 Å². The molecule has 34 heavy (non-hydrogen) atoms. The average molecular weight is 543 g/mol. The second-order valence-electron chi connectivity index (χ2n) is 7.73. The number of benzene rings is 2. The van der Waals surface area contributed by atoms with Gasteiger partial charge in [-0.2, -0.15) is 9.61 Å². The number of anilines is 1. The van der Waals surface area contributed by atoms with Crippen LogP contribution in [0.4, 0.5) is 5.82 Å². The van der Waals surface area contributed by atoms with Crippen molar-refractivity contribution in [3.8, 4) is 17.0 Å². The first-order valence-electron chi connectivity index (χ1n) is 11.1. The molecule has 176 valence electrons. The van der Waals surface area contributed by atoms with E-state index in [-0.39, 0.29) is 5.91 Å². The maximum absolute atomic E-state index is 12.3. The fourth-order valence-corrected chi connectivity index (χ4v) is 4.03. The van der Waals surface area contributed by atoms with Crippen LogP contribution >= 0.6 is 27.5 Å². The maximum Gasteiger partial charge on any atom is 0.260 e. The molecule has 1 unspecified atom stereocenters. The number of hydrogen-bond donors (Lipinski definition) is 2. The second kappa shape index (κ2) is 11.4. The van der Waals surface area contributed by atoms with Crippen LogP contribution in [0, 0.1) is 0 Å². The minimum absolute atomic E-state index is 0.126. The van der Waals surface area contributed by atoms with E-state index in [1.807, 2.05) is 60.7 Å². The van der Waals surface area contributed by atoms with Gasteiger partial charge in [0.1, 0.15) is 11.6 Å². The van der Waals surface area contributed by atoms with E-state index in [1.54, 1.807) is 17.6 Å². The molecule has 1 atom stereocenters. The van der Waals surface area contributed by atoms with Crippen LogP contribution < -0.4 is 15.4 Å². The Hall–Kier alpha value is -3.10. The van der Waals surface area contributed by atoms with Crippen molar-refractivity contribution in [1.82, 2.24) is 19.9 Å². The number of fused-ring (bicyclic) bond motifs is 1. The largest absolute Gasteiger partial charge is 0.481 e. The Morgan fingerprint density at radius 2 is 1.85 bits per heavy atom. The van der Waals surface area contributed by atoms with Gasteiger partial charge in [0.2, 0.25) is 0 Å². The van der Waals surface area contributed by atoms with Gasteiger partial charge < -0.3 is 15.4 Å². The molecular weight excluding hydrogens is 518 g/mol. The zero-order valence-corrected chi connectivity index (χ0v) is 21.0. The van der Waals surface area contributed by atoms with Crippen molar-refractivity contribution in [2.45, 2.75) is 25.9 Å². The molecule has 0 aliphatic carbocycles. The number of aromatic nitrogens is 3. The fourth-order valence-electron chi connectivity index (χ4n) is 3.45. The maximum atomic E-state index is 12.3. The molecule has 1 amide bonds. The Morgan fingerprint density at radius 1 is 1.12 bits per heavy atom. The van der Waals surface area contributed by atoms with E-state index >= 15 is 0 Å². The van der Waals surface area contributed by atoms with Crippen molar-refractivity contribution < 1.29 is 9.53 Å². The fraction of sp³-hybridized carbons (Fsp3) is 0.240. The highest BCUT2D eigenvalue weighted by molar-refractivity contribution is 9.10. The number of hydrogen-bond acceptors (Lipinski definition) is 5. The van der Waals surface area contributed by atoms with Gasteiger partial charge in [0, 0.05) is 29.7 Å². The zero-order chi connectivity index (χ0) is 23.9. The summed E-state index contributed by atoms with van der Waals surface area (Å²) in [5.74, 6) is 1.37. The number of carbonyl (C=O) groups is 1. The minimum Gasteiger partial charge on any atom is -0.481 e. The molecule has 9 heteroatoms. The van der Waals surface area contributed by atoms with E-state index in [0.29, 0.717) is 29.5 Å². The highest BCUT2D eigenvalue weighted by Crippen LogP contribution is 2.30. The van der Waals surface area contributed by atoms with Crippen molar-refractivity contribution in [1.29, 1.82) is 0 Å². The predicted molar refractivity (Wildman–Crippen MR) is 138 cm³/mol. The Kier molecular flexibility index (Phi) is 8.03. The van der Waals surface area contributed by atoms with Gasteiger partial charge >= 0.3 is 0 Å². The normalized spacial score (nSPS) is 11.9. The molecule has 4 rings (SSSR count). The molecule has 0 saturated carbocycles. The molecule has 0 bridgehead atoms. The van der Waals surface area contributed by atoms with E-state index < -0.39 is 6.10 Å². The summed E-state index contributed by atoms with van der Waals surface area (Å²) in [5, 5.41) is 11.4. The number of nitrogens with zero attached hydrogens (tertiary/aromatic N) is 3. The Labute approximate surface area is 211 Å². The third kappa shape index (κ3) is 5.87. The van der Waals surface area contributed by atoms with Crippen molar-refractivity contribution in [2.24, 2.45) is 0 Å². The molecule has 4 aromatic rings. The number of halogens is 2. The number of carbonyl (C=O) groups excluding carboxylic acids is 1. The van der Waals surface area contributed by atoms with Crippen LogP contribution in [0.25, 0.3) is 16.9 Å². The van der Waals surface area contributed by atoms with Crippen LogP contribution in [0.2, 0.25) is 5.02 Å². The molecule has 2 N–H and O–H groups in total. The monoisotopic (exact) mass is 541 g/mol. The molecule has 2 heterocycles. The second-order valence-corrected chi connectivity index (χ2v) is 8.99. The third-order valence-electron chi connectivity index (χ3n) is 5.21. The van der Waals surface area contributed by atoms with Gasteiger partial charge in [0.25, 0.3) is 5.91 Å². The first-order chi connectivity index (χ1) is 16.5. The number of nitrogens with one attached hydrogen (secondary N) is 2. The number of ether oxygens (including phenoxy) is 1. The quantitative estimate of drug-likeness (QED) is 0.255. The van der Waals surface area contributed by atoms with Crippen LogP contribution in [0.1, 0.15) is 19.8 Å². The van der Waals surface area contributed by atoms with E-state index in [0.717, 1.165) is 34.4 Å². The van der Waals surface area contributed by atoms with Gasteiger partial charge in [0.05, 0.1) is 16.4 Å². The van der Waals surface area contributed by atoms with Crippen LogP contribution in [0.3, 0.4) is 0 Å². The molecule has 0 aliphatic rings. The van der Waals surface area contributed by atoms with Gasteiger partial charge in [-0.25, -0.2) is 4.98 Å². The smallest absolute Gasteiger partial charge is 0.260 e. The molecule has 7 nitrogen and oxygen atoms in total. The van der Waals surface area contributed by atoms with Crippen molar-refractivity contribution >= 4 is 44.9 Å². The lowest BCUT2D eigenvalue weighted by molar-refractivity contribution is -0.127. The van der Waals surface area contributed by atoms with Gasteiger partial charge in [-0.05, 0) is 53.9 Å². The molecular formula is C25H25BrClN5O2. The standard InChI is InChI=1S/C25H25BrClN5O2/c1-17(34-18-9-3-2-4-10-18)25(33)29-14-8-7-13-28-23-15-22(19-11-5-6-12-21(19)27)31-24-20(26)16-30-32(23)24/h2-6,9-12,15-17,28H,7-8,13-14H2,1H3,(H,29,33). The van der Waals surface area contributed by atoms with Crippen molar-refractivity contribution in [3.05, 3.63) is 76.4 Å². The summed E-state index contributed by atoms with van der Waals surface area (Å²) in [6.07, 6.45) is 2.86. The van der Waals surface area contributed by atoms with E-state index in [9.17, 15) is 4.79 Å². The van der Waals surface area contributed by atoms with Gasteiger partial charge in [-0.3, -0.25) is 4.79 Å². The molecule has 0 fully saturated rings. The Bertz CT molecular complexity index is 1260. The molecule has 2 aromatic carbocycles. The lowest BCUT2D eigenvalue weighted by Gasteiger charge is -2.15. The van der Waals surface area contributed by atoms with E-state index in [4.69, 9.17) is 21.3 Å². The first-order valence-corrected chi connectivity index (χ1v) is 12.2. The number of amides is 1. The van der Waals surface area contributed by atoms with E-state index in [2.05, 4.69) is 31.7 Å². The Morgan fingerprint density at radius 3 is 2.65 bits per heavy atom. The summed E-state index contributed by atoms with van der Waals surface area (Å²) in [5.41, 5.74) is 2.33. The Balaban J connectivity index is 1.30. The average Bonchev–Trinajstić information content (AvgIpc) is 3.22. The van der Waals surface area contributed by atoms with Gasteiger partial charge in [-0.1, -0.05) is 48.0 Å². The molecule has 0 saturated heterocycles.